The van der Waals surface area contributed by atoms with Crippen molar-refractivity contribution in [2.75, 3.05) is 31.1 Å². The Morgan fingerprint density at radius 3 is 2.44 bits per heavy atom. The zero-order valence-electron chi connectivity index (χ0n) is 18.5. The van der Waals surface area contributed by atoms with Gasteiger partial charge in [0.15, 0.2) is 0 Å². The van der Waals surface area contributed by atoms with Gasteiger partial charge in [-0.1, -0.05) is 44.2 Å². The second-order valence-electron chi connectivity index (χ2n) is 8.54. The van der Waals surface area contributed by atoms with Crippen molar-refractivity contribution in [3.63, 3.8) is 0 Å². The maximum Gasteiger partial charge on any atom is 0.245 e. The maximum atomic E-state index is 14.1. The number of fused-ring (bicyclic) bond motifs is 1. The number of aromatic nitrogens is 1. The molecule has 1 saturated heterocycles. The van der Waals surface area contributed by atoms with Crippen LogP contribution in [0.5, 0.6) is 0 Å². The van der Waals surface area contributed by atoms with E-state index in [9.17, 15) is 14.0 Å². The molecule has 1 unspecified atom stereocenters. The summed E-state index contributed by atoms with van der Waals surface area (Å²) in [5, 5.41) is 4.00. The molecular weight excluding hydrogens is 407 g/mol. The first-order chi connectivity index (χ1) is 15.4. The predicted octanol–water partition coefficient (Wildman–Crippen LogP) is 3.34. The average Bonchev–Trinajstić information content (AvgIpc) is 3.21. The molecular formula is C25H29FN4O2. The molecule has 0 bridgehead atoms. The van der Waals surface area contributed by atoms with Crippen LogP contribution >= 0.6 is 0 Å². The minimum absolute atomic E-state index is 0.0996. The molecule has 1 aliphatic heterocycles. The van der Waals surface area contributed by atoms with E-state index in [4.69, 9.17) is 0 Å². The molecule has 7 heteroatoms. The van der Waals surface area contributed by atoms with E-state index in [1.54, 1.807) is 17.0 Å². The predicted molar refractivity (Wildman–Crippen MR) is 124 cm³/mol. The number of nitrogens with zero attached hydrogens (tertiary/aromatic N) is 2. The fourth-order valence-corrected chi connectivity index (χ4v) is 4.16. The van der Waals surface area contributed by atoms with Gasteiger partial charge in [0, 0.05) is 55.6 Å². The molecule has 1 aliphatic rings. The van der Waals surface area contributed by atoms with Gasteiger partial charge < -0.3 is 20.1 Å². The smallest absolute Gasteiger partial charge is 0.245 e. The molecule has 1 atom stereocenters. The Hall–Kier alpha value is -3.35. The van der Waals surface area contributed by atoms with Crippen LogP contribution in [-0.2, 0) is 16.0 Å². The molecule has 0 aliphatic carbocycles. The van der Waals surface area contributed by atoms with Gasteiger partial charge in [0.05, 0.1) is 5.69 Å². The summed E-state index contributed by atoms with van der Waals surface area (Å²) in [4.78, 5) is 32.9. The summed E-state index contributed by atoms with van der Waals surface area (Å²) in [6, 6.07) is 14.0. The monoisotopic (exact) mass is 436 g/mol. The lowest BCUT2D eigenvalue weighted by atomic mass is 10.0. The first kappa shape index (κ1) is 21.9. The molecule has 1 aromatic heterocycles. The molecule has 0 radical (unpaired) electrons. The summed E-state index contributed by atoms with van der Waals surface area (Å²) in [5.74, 6) is -0.717. The minimum Gasteiger partial charge on any atom is -0.366 e. The SMILES string of the molecule is CC(C)C(=O)NC(Cc1c[nH]c2ccccc12)C(=O)N1CCN(c2ccccc2F)CC1. The van der Waals surface area contributed by atoms with Crippen LogP contribution in [0, 0.1) is 11.7 Å². The van der Waals surface area contributed by atoms with Crippen LogP contribution in [-0.4, -0.2) is 53.9 Å². The van der Waals surface area contributed by atoms with Gasteiger partial charge in [-0.15, -0.1) is 0 Å². The number of H-pyrrole nitrogens is 1. The highest BCUT2D eigenvalue weighted by Crippen LogP contribution is 2.22. The van der Waals surface area contributed by atoms with Crippen molar-refractivity contribution in [1.29, 1.82) is 0 Å². The number of hydrogen-bond donors (Lipinski definition) is 2. The number of nitrogens with one attached hydrogen (secondary N) is 2. The zero-order chi connectivity index (χ0) is 22.7. The number of rotatable bonds is 6. The Morgan fingerprint density at radius 1 is 1.03 bits per heavy atom. The number of para-hydroxylation sites is 2. The number of hydrogen-bond acceptors (Lipinski definition) is 3. The number of aromatic amines is 1. The van der Waals surface area contributed by atoms with Crippen LogP contribution in [0.4, 0.5) is 10.1 Å². The molecule has 2 N–H and O–H groups in total. The van der Waals surface area contributed by atoms with Crippen molar-refractivity contribution in [2.24, 2.45) is 5.92 Å². The summed E-state index contributed by atoms with van der Waals surface area (Å²) in [6.07, 6.45) is 2.32. The Kier molecular flexibility index (Phi) is 6.44. The van der Waals surface area contributed by atoms with E-state index in [-0.39, 0.29) is 23.5 Å². The van der Waals surface area contributed by atoms with E-state index in [0.29, 0.717) is 38.3 Å². The second kappa shape index (κ2) is 9.42. The third kappa shape index (κ3) is 4.61. The number of carbonyl (C=O) groups is 2. The minimum atomic E-state index is -0.649. The van der Waals surface area contributed by atoms with E-state index < -0.39 is 6.04 Å². The van der Waals surface area contributed by atoms with Crippen LogP contribution in [0.25, 0.3) is 10.9 Å². The fraction of sp³-hybridized carbons (Fsp3) is 0.360. The largest absolute Gasteiger partial charge is 0.366 e. The summed E-state index contributed by atoms with van der Waals surface area (Å²) in [5.41, 5.74) is 2.55. The number of carbonyl (C=O) groups excluding carboxylic acids is 2. The van der Waals surface area contributed by atoms with Crippen molar-refractivity contribution in [3.8, 4) is 0 Å². The van der Waals surface area contributed by atoms with Crippen molar-refractivity contribution in [2.45, 2.75) is 26.3 Å². The van der Waals surface area contributed by atoms with Crippen molar-refractivity contribution in [3.05, 3.63) is 66.1 Å². The first-order valence-corrected chi connectivity index (χ1v) is 11.1. The number of amides is 2. The number of anilines is 1. The third-order valence-electron chi connectivity index (χ3n) is 6.02. The van der Waals surface area contributed by atoms with Crippen LogP contribution in [0.2, 0.25) is 0 Å². The highest BCUT2D eigenvalue weighted by Gasteiger charge is 2.30. The normalized spacial score (nSPS) is 15.2. The lowest BCUT2D eigenvalue weighted by Gasteiger charge is -2.37. The lowest BCUT2D eigenvalue weighted by molar-refractivity contribution is -0.137. The van der Waals surface area contributed by atoms with Gasteiger partial charge in [-0.25, -0.2) is 4.39 Å². The Morgan fingerprint density at radius 2 is 1.72 bits per heavy atom. The molecule has 168 valence electrons. The lowest BCUT2D eigenvalue weighted by Crippen LogP contribution is -2.56. The number of halogens is 1. The van der Waals surface area contributed by atoms with Gasteiger partial charge in [0.2, 0.25) is 11.8 Å². The summed E-state index contributed by atoms with van der Waals surface area (Å²) >= 11 is 0. The van der Waals surface area contributed by atoms with Crippen molar-refractivity contribution >= 4 is 28.4 Å². The van der Waals surface area contributed by atoms with Crippen molar-refractivity contribution in [1.82, 2.24) is 15.2 Å². The topological polar surface area (TPSA) is 68.4 Å². The van der Waals surface area contributed by atoms with Crippen LogP contribution < -0.4 is 10.2 Å². The van der Waals surface area contributed by atoms with E-state index in [1.807, 2.05) is 55.3 Å². The highest BCUT2D eigenvalue weighted by molar-refractivity contribution is 5.90. The Labute approximate surface area is 187 Å². The van der Waals surface area contributed by atoms with Gasteiger partial charge in [0.1, 0.15) is 11.9 Å². The van der Waals surface area contributed by atoms with E-state index >= 15 is 0 Å². The highest BCUT2D eigenvalue weighted by atomic mass is 19.1. The molecule has 3 aromatic rings. The summed E-state index contributed by atoms with van der Waals surface area (Å²) in [6.45, 7) is 5.69. The van der Waals surface area contributed by atoms with Gasteiger partial charge >= 0.3 is 0 Å². The molecule has 0 spiro atoms. The zero-order valence-corrected chi connectivity index (χ0v) is 18.5. The molecule has 2 heterocycles. The van der Waals surface area contributed by atoms with Gasteiger partial charge in [-0.2, -0.15) is 0 Å². The molecule has 2 aromatic carbocycles. The van der Waals surface area contributed by atoms with E-state index in [0.717, 1.165) is 16.5 Å². The molecule has 32 heavy (non-hydrogen) atoms. The maximum absolute atomic E-state index is 14.1. The standard InChI is InChI=1S/C25H29FN4O2/c1-17(2)24(31)28-22(15-18-16-27-21-9-5-3-7-19(18)21)25(32)30-13-11-29(12-14-30)23-10-6-4-8-20(23)26/h3-10,16-17,22,27H,11-15H2,1-2H3,(H,28,31). The van der Waals surface area contributed by atoms with Gasteiger partial charge in [-0.05, 0) is 23.8 Å². The number of piperazine rings is 1. The van der Waals surface area contributed by atoms with Gasteiger partial charge in [0.25, 0.3) is 0 Å². The van der Waals surface area contributed by atoms with E-state index in [2.05, 4.69) is 10.3 Å². The van der Waals surface area contributed by atoms with E-state index in [1.165, 1.54) is 6.07 Å². The van der Waals surface area contributed by atoms with Crippen molar-refractivity contribution < 1.29 is 14.0 Å². The quantitative estimate of drug-likeness (QED) is 0.623. The van der Waals surface area contributed by atoms with Crippen LogP contribution in [0.15, 0.2) is 54.7 Å². The molecule has 1 fully saturated rings. The summed E-state index contributed by atoms with van der Waals surface area (Å²) in [7, 11) is 0. The molecule has 2 amide bonds. The number of benzene rings is 2. The molecule has 4 rings (SSSR count). The Balaban J connectivity index is 1.49. The Bertz CT molecular complexity index is 1100. The second-order valence-corrected chi connectivity index (χ2v) is 8.54. The van der Waals surface area contributed by atoms with Crippen LogP contribution in [0.1, 0.15) is 19.4 Å². The van der Waals surface area contributed by atoms with Crippen LogP contribution in [0.3, 0.4) is 0 Å². The van der Waals surface area contributed by atoms with Gasteiger partial charge in [-0.3, -0.25) is 9.59 Å². The molecule has 0 saturated carbocycles. The first-order valence-electron chi connectivity index (χ1n) is 11.1. The third-order valence-corrected chi connectivity index (χ3v) is 6.02. The average molecular weight is 437 g/mol. The molecule has 6 nitrogen and oxygen atoms in total. The fourth-order valence-electron chi connectivity index (χ4n) is 4.16. The summed E-state index contributed by atoms with van der Waals surface area (Å²) < 4.78 is 14.1.